The lowest BCUT2D eigenvalue weighted by atomic mass is 10.0. The molecule has 0 saturated carbocycles. The summed E-state index contributed by atoms with van der Waals surface area (Å²) in [6, 6.07) is 81.3. The van der Waals surface area contributed by atoms with E-state index in [1.54, 1.807) is 0 Å². The fraction of sp³-hybridized carbons (Fsp3) is 0. The quantitative estimate of drug-likeness (QED) is 0.154. The van der Waals surface area contributed by atoms with Crippen LogP contribution in [-0.2, 0) is 0 Å². The number of hydrogen-bond acceptors (Lipinski definition) is 3. The second-order valence-corrected chi connectivity index (χ2v) is 15.3. The molecule has 61 heavy (non-hydrogen) atoms. The number of nitrogens with zero attached hydrogens (tertiary/aromatic N) is 4. The lowest BCUT2D eigenvalue weighted by Crippen LogP contribution is -2.00. The highest BCUT2D eigenvalue weighted by Gasteiger charge is 2.17. The Bertz CT molecular complexity index is 3300. The van der Waals surface area contributed by atoms with Gasteiger partial charge in [0.1, 0.15) is 0 Å². The molecule has 0 aliphatic heterocycles. The molecule has 0 fully saturated rings. The van der Waals surface area contributed by atoms with Crippen molar-refractivity contribution in [2.75, 3.05) is 0 Å². The zero-order chi connectivity index (χ0) is 40.5. The van der Waals surface area contributed by atoms with Crippen LogP contribution in [0.4, 0.5) is 0 Å². The highest BCUT2D eigenvalue weighted by molar-refractivity contribution is 6.11. The maximum atomic E-state index is 5.05. The molecule has 0 aliphatic carbocycles. The Morgan fingerprint density at radius 2 is 0.590 bits per heavy atom. The lowest BCUT2D eigenvalue weighted by molar-refractivity contribution is 1.07. The molecule has 0 amide bonds. The first kappa shape index (κ1) is 35.9. The molecule has 0 N–H and O–H groups in total. The first-order chi connectivity index (χ1) is 30.2. The third kappa shape index (κ3) is 6.96. The van der Waals surface area contributed by atoms with Crippen molar-refractivity contribution in [1.82, 2.24) is 19.5 Å². The molecule has 11 rings (SSSR count). The topological polar surface area (TPSA) is 43.6 Å². The SMILES string of the molecule is c1ccc(-c2ccc(-c3nc(-c4ccccc4)nc(-c4ccc(-c5ccc6c7cc(-c8ccccc8)ccc7n(-c7cccc(-c8ccccc8)c7)c6c5)cc4)n3)cc2)cc1. The van der Waals surface area contributed by atoms with Crippen molar-refractivity contribution in [3.05, 3.63) is 231 Å². The van der Waals surface area contributed by atoms with Crippen molar-refractivity contribution < 1.29 is 0 Å². The van der Waals surface area contributed by atoms with E-state index in [4.69, 9.17) is 15.0 Å². The Morgan fingerprint density at radius 1 is 0.230 bits per heavy atom. The summed E-state index contributed by atoms with van der Waals surface area (Å²) < 4.78 is 2.41. The number of rotatable bonds is 8. The van der Waals surface area contributed by atoms with Crippen molar-refractivity contribution in [1.29, 1.82) is 0 Å². The van der Waals surface area contributed by atoms with Crippen molar-refractivity contribution >= 4 is 21.8 Å². The average Bonchev–Trinajstić information content (AvgIpc) is 3.68. The van der Waals surface area contributed by atoms with E-state index in [1.807, 2.05) is 36.4 Å². The van der Waals surface area contributed by atoms with E-state index in [9.17, 15) is 0 Å². The van der Waals surface area contributed by atoms with Crippen LogP contribution in [0.15, 0.2) is 231 Å². The zero-order valence-corrected chi connectivity index (χ0v) is 33.2. The number of benzene rings is 9. The van der Waals surface area contributed by atoms with Crippen LogP contribution in [0.5, 0.6) is 0 Å². The molecule has 2 heterocycles. The second-order valence-electron chi connectivity index (χ2n) is 15.3. The minimum atomic E-state index is 0.630. The summed E-state index contributed by atoms with van der Waals surface area (Å²) in [4.78, 5) is 15.0. The van der Waals surface area contributed by atoms with Crippen molar-refractivity contribution in [2.24, 2.45) is 0 Å². The van der Waals surface area contributed by atoms with Crippen molar-refractivity contribution in [2.45, 2.75) is 0 Å². The van der Waals surface area contributed by atoms with Crippen LogP contribution in [0.25, 0.3) is 106 Å². The van der Waals surface area contributed by atoms with Gasteiger partial charge in [0.15, 0.2) is 17.5 Å². The predicted molar refractivity (Wildman–Crippen MR) is 252 cm³/mol. The summed E-state index contributed by atoms with van der Waals surface area (Å²) >= 11 is 0. The van der Waals surface area contributed by atoms with E-state index in [0.717, 1.165) is 44.6 Å². The molecule has 2 aromatic heterocycles. The standard InChI is InChI=1S/C57H38N4/c1-5-14-39(15-6-1)42-24-28-45(29-25-42)56-58-55(44-20-11-4-12-21-44)59-57(60-56)46-30-26-43(27-31-46)49-32-34-51-52-37-48(41-18-9-3-10-19-41)33-35-53(52)61(54(51)38-49)50-23-13-22-47(36-50)40-16-7-2-8-17-40/h1-38H. The van der Waals surface area contributed by atoms with Gasteiger partial charge in [0, 0.05) is 33.2 Å². The number of hydrogen-bond donors (Lipinski definition) is 0. The summed E-state index contributed by atoms with van der Waals surface area (Å²) in [6.45, 7) is 0. The summed E-state index contributed by atoms with van der Waals surface area (Å²) in [5, 5.41) is 2.43. The summed E-state index contributed by atoms with van der Waals surface area (Å²) in [7, 11) is 0. The minimum Gasteiger partial charge on any atom is -0.309 e. The molecule has 4 heteroatoms. The van der Waals surface area contributed by atoms with E-state index >= 15 is 0 Å². The molecule has 11 aromatic rings. The van der Waals surface area contributed by atoms with Gasteiger partial charge < -0.3 is 4.57 Å². The molecule has 0 bridgehead atoms. The predicted octanol–water partition coefficient (Wildman–Crippen LogP) is 14.6. The van der Waals surface area contributed by atoms with Gasteiger partial charge in [-0.15, -0.1) is 0 Å². The van der Waals surface area contributed by atoms with Crippen LogP contribution in [0, 0.1) is 0 Å². The van der Waals surface area contributed by atoms with Gasteiger partial charge in [-0.05, 0) is 74.8 Å². The summed E-state index contributed by atoms with van der Waals surface area (Å²) in [5.74, 6) is 1.91. The molecule has 0 saturated heterocycles. The largest absolute Gasteiger partial charge is 0.309 e. The Labute approximate surface area is 354 Å². The molecule has 0 spiro atoms. The first-order valence-electron chi connectivity index (χ1n) is 20.6. The van der Waals surface area contributed by atoms with Crippen LogP contribution in [-0.4, -0.2) is 19.5 Å². The van der Waals surface area contributed by atoms with E-state index < -0.39 is 0 Å². The molecule has 286 valence electrons. The van der Waals surface area contributed by atoms with Gasteiger partial charge in [0.25, 0.3) is 0 Å². The van der Waals surface area contributed by atoms with E-state index in [0.29, 0.717) is 17.5 Å². The Morgan fingerprint density at radius 3 is 1.13 bits per heavy atom. The molecule has 9 aromatic carbocycles. The van der Waals surface area contributed by atoms with Gasteiger partial charge in [0.2, 0.25) is 0 Å². The van der Waals surface area contributed by atoms with Gasteiger partial charge in [-0.1, -0.05) is 200 Å². The van der Waals surface area contributed by atoms with E-state index in [1.165, 1.54) is 44.1 Å². The normalized spacial score (nSPS) is 11.3. The van der Waals surface area contributed by atoms with Crippen LogP contribution < -0.4 is 0 Å². The molecule has 0 radical (unpaired) electrons. The maximum Gasteiger partial charge on any atom is 0.164 e. The molecular weight excluding hydrogens is 741 g/mol. The molecular formula is C57H38N4. The van der Waals surface area contributed by atoms with Crippen molar-refractivity contribution in [3.63, 3.8) is 0 Å². The molecule has 0 unspecified atom stereocenters. The Kier molecular flexibility index (Phi) is 9.14. The smallest absolute Gasteiger partial charge is 0.164 e. The maximum absolute atomic E-state index is 5.05. The van der Waals surface area contributed by atoms with Crippen molar-refractivity contribution in [3.8, 4) is 84.4 Å². The third-order valence-corrected chi connectivity index (χ3v) is 11.5. The minimum absolute atomic E-state index is 0.630. The second kappa shape index (κ2) is 15.5. The highest BCUT2D eigenvalue weighted by atomic mass is 15.0. The molecule has 0 atom stereocenters. The number of aromatic nitrogens is 4. The summed E-state index contributed by atoms with van der Waals surface area (Å²) in [5.41, 5.74) is 15.6. The van der Waals surface area contributed by atoms with E-state index in [-0.39, 0.29) is 0 Å². The zero-order valence-electron chi connectivity index (χ0n) is 33.2. The van der Waals surface area contributed by atoms with Crippen LogP contribution >= 0.6 is 0 Å². The van der Waals surface area contributed by atoms with Gasteiger partial charge in [0.05, 0.1) is 11.0 Å². The highest BCUT2D eigenvalue weighted by Crippen LogP contribution is 2.38. The van der Waals surface area contributed by atoms with Gasteiger partial charge >= 0.3 is 0 Å². The first-order valence-corrected chi connectivity index (χ1v) is 20.6. The Hall–Kier alpha value is -8.21. The summed E-state index contributed by atoms with van der Waals surface area (Å²) in [6.07, 6.45) is 0. The van der Waals surface area contributed by atoms with Crippen LogP contribution in [0.2, 0.25) is 0 Å². The lowest BCUT2D eigenvalue weighted by Gasteiger charge is -2.12. The fourth-order valence-corrected chi connectivity index (χ4v) is 8.35. The van der Waals surface area contributed by atoms with Crippen LogP contribution in [0.3, 0.4) is 0 Å². The monoisotopic (exact) mass is 778 g/mol. The van der Waals surface area contributed by atoms with Crippen LogP contribution in [0.1, 0.15) is 0 Å². The van der Waals surface area contributed by atoms with Gasteiger partial charge in [-0.3, -0.25) is 0 Å². The fourth-order valence-electron chi connectivity index (χ4n) is 8.35. The van der Waals surface area contributed by atoms with E-state index in [2.05, 4.69) is 199 Å². The molecule has 4 nitrogen and oxygen atoms in total. The average molecular weight is 779 g/mol. The Balaban J connectivity index is 1.000. The van der Waals surface area contributed by atoms with Gasteiger partial charge in [-0.25, -0.2) is 15.0 Å². The molecule has 0 aliphatic rings. The van der Waals surface area contributed by atoms with Gasteiger partial charge in [-0.2, -0.15) is 0 Å². The third-order valence-electron chi connectivity index (χ3n) is 11.5. The number of fused-ring (bicyclic) bond motifs is 3.